The summed E-state index contributed by atoms with van der Waals surface area (Å²) in [5.41, 5.74) is 0.901. The van der Waals surface area contributed by atoms with Gasteiger partial charge in [0, 0.05) is 12.2 Å². The molecule has 0 saturated heterocycles. The van der Waals surface area contributed by atoms with Crippen molar-refractivity contribution in [2.45, 2.75) is 31.7 Å². The molecule has 3 aliphatic rings. The number of fused-ring (bicyclic) bond motifs is 4. The third-order valence-corrected chi connectivity index (χ3v) is 8.30. The molecule has 0 unspecified atom stereocenters. The van der Waals surface area contributed by atoms with Gasteiger partial charge in [-0.25, -0.2) is 24.3 Å². The largest absolute Gasteiger partial charge is 0.481 e. The van der Waals surface area contributed by atoms with Crippen LogP contribution in [0.15, 0.2) is 24.5 Å². The van der Waals surface area contributed by atoms with Crippen molar-refractivity contribution in [2.24, 2.45) is 17.8 Å². The first-order valence-electron chi connectivity index (χ1n) is 11.2. The van der Waals surface area contributed by atoms with E-state index >= 15 is 4.39 Å². The van der Waals surface area contributed by atoms with Gasteiger partial charge in [0.2, 0.25) is 5.95 Å². The second-order valence-electron chi connectivity index (χ2n) is 8.96. The molecular weight excluding hydrogens is 498 g/mol. The molecule has 4 aromatic heterocycles. The second kappa shape index (κ2) is 8.49. The van der Waals surface area contributed by atoms with Gasteiger partial charge in [-0.15, -0.1) is 11.3 Å². The number of hydrogen-bond acceptors (Lipinski definition) is 7. The molecule has 8 nitrogen and oxygen atoms in total. The molecule has 3 saturated carbocycles. The number of hydrogen-bond donors (Lipinski definition) is 3. The van der Waals surface area contributed by atoms with Gasteiger partial charge in [0.1, 0.15) is 11.2 Å². The first-order chi connectivity index (χ1) is 16.9. The van der Waals surface area contributed by atoms with Crippen LogP contribution in [0.1, 0.15) is 25.7 Å². The summed E-state index contributed by atoms with van der Waals surface area (Å²) >= 11 is 7.25. The molecule has 3 N–H and O–H groups in total. The zero-order chi connectivity index (χ0) is 24.3. The quantitative estimate of drug-likeness (QED) is 0.326. The van der Waals surface area contributed by atoms with Crippen molar-refractivity contribution in [3.05, 3.63) is 40.6 Å². The molecule has 4 heterocycles. The van der Waals surface area contributed by atoms with Crippen LogP contribution in [0.3, 0.4) is 0 Å². The molecule has 4 aromatic rings. The average Bonchev–Trinajstić information content (AvgIpc) is 3.46. The Morgan fingerprint density at radius 3 is 2.63 bits per heavy atom. The third kappa shape index (κ3) is 3.82. The Bertz CT molecular complexity index is 1450. The predicted molar refractivity (Wildman–Crippen MR) is 127 cm³/mol. The minimum atomic E-state index is -0.890. The van der Waals surface area contributed by atoms with Gasteiger partial charge in [-0.1, -0.05) is 11.6 Å². The van der Waals surface area contributed by atoms with E-state index in [9.17, 15) is 14.3 Å². The van der Waals surface area contributed by atoms with Crippen LogP contribution in [0.4, 0.5) is 14.6 Å². The van der Waals surface area contributed by atoms with Crippen LogP contribution in [-0.4, -0.2) is 42.0 Å². The number of H-pyrrole nitrogens is 1. The van der Waals surface area contributed by atoms with E-state index in [1.165, 1.54) is 6.20 Å². The monoisotopic (exact) mass is 516 g/mol. The van der Waals surface area contributed by atoms with E-state index in [-0.39, 0.29) is 34.7 Å². The topological polar surface area (TPSA) is 117 Å². The highest BCUT2D eigenvalue weighted by Gasteiger charge is 2.47. The van der Waals surface area contributed by atoms with Crippen molar-refractivity contribution in [2.75, 3.05) is 5.32 Å². The molecule has 180 valence electrons. The summed E-state index contributed by atoms with van der Waals surface area (Å²) in [6.07, 6.45) is 6.01. The predicted octanol–water partition coefficient (Wildman–Crippen LogP) is 5.38. The first kappa shape index (κ1) is 22.3. The van der Waals surface area contributed by atoms with Gasteiger partial charge < -0.3 is 15.4 Å². The van der Waals surface area contributed by atoms with E-state index in [0.29, 0.717) is 20.4 Å². The lowest BCUT2D eigenvalue weighted by molar-refractivity contribution is -0.148. The Labute approximate surface area is 206 Å². The SMILES string of the molecule is O=C(O)[C@@H]1C2CCC(CC2)[C@H]1Nc1nc(-c2c[nH]c3ncc(F)nc23)nc(-c2ccc(Cl)s2)c1F. The zero-order valence-electron chi connectivity index (χ0n) is 18.1. The van der Waals surface area contributed by atoms with Crippen LogP contribution in [0, 0.1) is 29.5 Å². The van der Waals surface area contributed by atoms with Crippen molar-refractivity contribution in [1.82, 2.24) is 24.9 Å². The number of thiophene rings is 1. The first-order valence-corrected chi connectivity index (χ1v) is 12.4. The molecule has 7 rings (SSSR count). The average molecular weight is 517 g/mol. The van der Waals surface area contributed by atoms with Crippen molar-refractivity contribution in [1.29, 1.82) is 0 Å². The number of carbonyl (C=O) groups is 1. The molecular formula is C23H19ClF2N6O2S. The lowest BCUT2D eigenvalue weighted by atomic mass is 9.61. The van der Waals surface area contributed by atoms with Crippen LogP contribution >= 0.6 is 22.9 Å². The molecule has 12 heteroatoms. The fourth-order valence-electron chi connectivity index (χ4n) is 5.48. The number of halogens is 3. The highest BCUT2D eigenvalue weighted by molar-refractivity contribution is 7.19. The summed E-state index contributed by atoms with van der Waals surface area (Å²) in [5, 5.41) is 13.1. The Hall–Kier alpha value is -3.18. The molecule has 3 aliphatic carbocycles. The number of carboxylic acid groups (broad SMARTS) is 1. The third-order valence-electron chi connectivity index (χ3n) is 7.06. The van der Waals surface area contributed by atoms with Crippen molar-refractivity contribution >= 4 is 45.9 Å². The molecule has 3 fully saturated rings. The van der Waals surface area contributed by atoms with Crippen LogP contribution in [0.2, 0.25) is 4.34 Å². The summed E-state index contributed by atoms with van der Waals surface area (Å²) in [6, 6.07) is 2.84. The fourth-order valence-corrected chi connectivity index (χ4v) is 6.51. The molecule has 0 amide bonds. The number of aliphatic carboxylic acids is 1. The van der Waals surface area contributed by atoms with Gasteiger partial charge in [0.15, 0.2) is 23.1 Å². The number of carboxylic acids is 1. The lowest BCUT2D eigenvalue weighted by Crippen LogP contribution is -2.51. The molecule has 2 atom stereocenters. The minimum absolute atomic E-state index is 0.0148. The minimum Gasteiger partial charge on any atom is -0.481 e. The Kier molecular flexibility index (Phi) is 5.41. The van der Waals surface area contributed by atoms with E-state index < -0.39 is 29.7 Å². The van der Waals surface area contributed by atoms with Crippen LogP contribution in [-0.2, 0) is 4.79 Å². The molecule has 0 spiro atoms. The second-order valence-corrected chi connectivity index (χ2v) is 10.7. The van der Waals surface area contributed by atoms with Gasteiger partial charge in [0.25, 0.3) is 0 Å². The van der Waals surface area contributed by atoms with E-state index in [1.807, 2.05) is 0 Å². The normalized spacial score (nSPS) is 23.6. The highest BCUT2D eigenvalue weighted by atomic mass is 35.5. The van der Waals surface area contributed by atoms with Gasteiger partial charge in [-0.3, -0.25) is 4.79 Å². The highest BCUT2D eigenvalue weighted by Crippen LogP contribution is 2.47. The van der Waals surface area contributed by atoms with Gasteiger partial charge in [-0.2, -0.15) is 4.39 Å². The zero-order valence-corrected chi connectivity index (χ0v) is 19.7. The van der Waals surface area contributed by atoms with E-state index in [2.05, 4.69) is 30.2 Å². The standard InChI is InChI=1S/C23H19ClF2N6O2S/c24-13-6-5-12(35-13)19-16(26)21(30-17-10-3-1-9(2-4-10)15(17)23(33)34)32-20(31-19)11-7-27-22-18(11)29-14(25)8-28-22/h5-10,15,17H,1-4H2,(H,27,28)(H,33,34)(H,30,31,32)/t9?,10?,15-,17-/m1/s1. The summed E-state index contributed by atoms with van der Waals surface area (Å²) in [7, 11) is 0. The molecule has 2 bridgehead atoms. The smallest absolute Gasteiger partial charge is 0.308 e. The number of nitrogens with one attached hydrogen (secondary N) is 2. The van der Waals surface area contributed by atoms with Gasteiger partial charge in [-0.05, 0) is 49.7 Å². The molecule has 0 aromatic carbocycles. The summed E-state index contributed by atoms with van der Waals surface area (Å²) in [6.45, 7) is 0. The number of nitrogens with zero attached hydrogens (tertiary/aromatic N) is 4. The van der Waals surface area contributed by atoms with Crippen LogP contribution in [0.5, 0.6) is 0 Å². The van der Waals surface area contributed by atoms with E-state index in [0.717, 1.165) is 43.2 Å². The Balaban J connectivity index is 1.50. The van der Waals surface area contributed by atoms with E-state index in [1.54, 1.807) is 12.1 Å². The van der Waals surface area contributed by atoms with Crippen molar-refractivity contribution < 1.29 is 18.7 Å². The molecule has 0 radical (unpaired) electrons. The Morgan fingerprint density at radius 2 is 1.91 bits per heavy atom. The summed E-state index contributed by atoms with van der Waals surface area (Å²) in [5.74, 6) is -2.84. The summed E-state index contributed by atoms with van der Waals surface area (Å²) in [4.78, 5) is 32.3. The fraction of sp³-hybridized carbons (Fsp3) is 0.348. The van der Waals surface area contributed by atoms with E-state index in [4.69, 9.17) is 11.6 Å². The maximum absolute atomic E-state index is 15.8. The number of rotatable bonds is 5. The maximum Gasteiger partial charge on any atom is 0.308 e. The van der Waals surface area contributed by atoms with Gasteiger partial charge in [0.05, 0.1) is 26.9 Å². The van der Waals surface area contributed by atoms with Crippen molar-refractivity contribution in [3.8, 4) is 22.0 Å². The van der Waals surface area contributed by atoms with Crippen LogP contribution < -0.4 is 5.32 Å². The molecule has 35 heavy (non-hydrogen) atoms. The van der Waals surface area contributed by atoms with Crippen LogP contribution in [0.25, 0.3) is 33.1 Å². The number of aromatic amines is 1. The number of aromatic nitrogens is 5. The lowest BCUT2D eigenvalue weighted by Gasteiger charge is -2.47. The maximum atomic E-state index is 15.8. The van der Waals surface area contributed by atoms with Gasteiger partial charge >= 0.3 is 5.97 Å². The van der Waals surface area contributed by atoms with Crippen molar-refractivity contribution in [3.63, 3.8) is 0 Å². The molecule has 0 aliphatic heterocycles. The Morgan fingerprint density at radius 1 is 1.14 bits per heavy atom. The summed E-state index contributed by atoms with van der Waals surface area (Å²) < 4.78 is 30.1. The number of anilines is 1.